The Morgan fingerprint density at radius 2 is 2.29 bits per heavy atom. The predicted octanol–water partition coefficient (Wildman–Crippen LogP) is 0.176. The third kappa shape index (κ3) is 3.63. The number of benzene rings is 1. The average Bonchev–Trinajstić information content (AvgIpc) is 2.42. The summed E-state index contributed by atoms with van der Waals surface area (Å²) in [6.07, 6.45) is -0.242. The van der Waals surface area contributed by atoms with E-state index in [1.165, 1.54) is 7.11 Å². The van der Waals surface area contributed by atoms with Crippen LogP contribution in [0.15, 0.2) is 18.2 Å². The molecule has 0 saturated carbocycles. The molecule has 114 valence electrons. The van der Waals surface area contributed by atoms with Gasteiger partial charge in [0.1, 0.15) is 6.04 Å². The zero-order chi connectivity index (χ0) is 15.4. The fourth-order valence-corrected chi connectivity index (χ4v) is 2.41. The van der Waals surface area contributed by atoms with E-state index in [-0.39, 0.29) is 18.1 Å². The highest BCUT2D eigenvalue weighted by Gasteiger charge is 2.31. The number of carboxylic acid groups (broad SMARTS) is 1. The number of nitrogens with zero attached hydrogens (tertiary/aromatic N) is 1. The number of hydrogen-bond acceptors (Lipinski definition) is 5. The van der Waals surface area contributed by atoms with E-state index in [1.807, 2.05) is 0 Å². The molecular weight excluding hydrogens is 276 g/mol. The molecule has 1 aromatic rings. The number of carboxylic acids is 1. The number of aliphatic carboxylic acids is 1. The van der Waals surface area contributed by atoms with Crippen molar-refractivity contribution in [3.8, 4) is 11.5 Å². The van der Waals surface area contributed by atoms with Crippen LogP contribution in [-0.4, -0.2) is 53.2 Å². The molecule has 1 saturated heterocycles. The third-order valence-corrected chi connectivity index (χ3v) is 3.44. The second-order valence-corrected chi connectivity index (χ2v) is 4.88. The Hall–Kier alpha value is -2.28. The lowest BCUT2D eigenvalue weighted by molar-refractivity contribution is -0.143. The quantitative estimate of drug-likeness (QED) is 0.716. The van der Waals surface area contributed by atoms with Crippen LogP contribution in [0, 0.1) is 0 Å². The molecule has 1 unspecified atom stereocenters. The number of carbonyl (C=O) groups excluding carboxylic acids is 1. The van der Waals surface area contributed by atoms with Crippen LogP contribution in [-0.2, 0) is 16.1 Å². The van der Waals surface area contributed by atoms with Gasteiger partial charge in [0.25, 0.3) is 0 Å². The highest BCUT2D eigenvalue weighted by Crippen LogP contribution is 2.27. The number of methoxy groups -OCH3 is 1. The lowest BCUT2D eigenvalue weighted by Crippen LogP contribution is -2.55. The lowest BCUT2D eigenvalue weighted by Gasteiger charge is -2.34. The average molecular weight is 294 g/mol. The summed E-state index contributed by atoms with van der Waals surface area (Å²) in [5, 5.41) is 21.4. The summed E-state index contributed by atoms with van der Waals surface area (Å²) >= 11 is 0. The SMILES string of the molecule is COc1ccc(CN2CCNC(=O)C2CC(=O)O)cc1O. The molecule has 1 fully saturated rings. The van der Waals surface area contributed by atoms with E-state index >= 15 is 0 Å². The van der Waals surface area contributed by atoms with Gasteiger partial charge in [0.05, 0.1) is 13.5 Å². The van der Waals surface area contributed by atoms with Gasteiger partial charge in [-0.15, -0.1) is 0 Å². The van der Waals surface area contributed by atoms with E-state index in [9.17, 15) is 14.7 Å². The number of hydrogen-bond donors (Lipinski definition) is 3. The molecule has 1 heterocycles. The number of carbonyl (C=O) groups is 2. The predicted molar refractivity (Wildman–Crippen MR) is 74.1 cm³/mol. The van der Waals surface area contributed by atoms with Crippen LogP contribution in [0.25, 0.3) is 0 Å². The number of ether oxygens (including phenoxy) is 1. The minimum Gasteiger partial charge on any atom is -0.504 e. The van der Waals surface area contributed by atoms with Crippen LogP contribution < -0.4 is 10.1 Å². The monoisotopic (exact) mass is 294 g/mol. The van der Waals surface area contributed by atoms with Crippen molar-refractivity contribution in [2.75, 3.05) is 20.2 Å². The summed E-state index contributed by atoms with van der Waals surface area (Å²) in [4.78, 5) is 24.5. The van der Waals surface area contributed by atoms with E-state index < -0.39 is 12.0 Å². The van der Waals surface area contributed by atoms with Crippen LogP contribution in [0.2, 0.25) is 0 Å². The van der Waals surface area contributed by atoms with Gasteiger partial charge in [-0.05, 0) is 17.7 Å². The maximum Gasteiger partial charge on any atom is 0.305 e. The summed E-state index contributed by atoms with van der Waals surface area (Å²) in [6, 6.07) is 4.29. The molecule has 7 heteroatoms. The van der Waals surface area contributed by atoms with Gasteiger partial charge in [-0.1, -0.05) is 6.07 Å². The summed E-state index contributed by atoms with van der Waals surface area (Å²) in [5.41, 5.74) is 0.790. The van der Waals surface area contributed by atoms with Crippen LogP contribution >= 0.6 is 0 Å². The molecule has 0 spiro atoms. The number of piperazine rings is 1. The molecule has 0 bridgehead atoms. The lowest BCUT2D eigenvalue weighted by atomic mass is 10.1. The van der Waals surface area contributed by atoms with Gasteiger partial charge < -0.3 is 20.3 Å². The second-order valence-electron chi connectivity index (χ2n) is 4.88. The molecule has 1 aromatic carbocycles. The minimum absolute atomic E-state index is 0.0197. The van der Waals surface area contributed by atoms with Crippen molar-refractivity contribution in [3.63, 3.8) is 0 Å². The van der Waals surface area contributed by atoms with Crippen molar-refractivity contribution < 1.29 is 24.5 Å². The van der Waals surface area contributed by atoms with Crippen molar-refractivity contribution >= 4 is 11.9 Å². The first-order chi connectivity index (χ1) is 10.0. The standard InChI is InChI=1S/C14H18N2O5/c1-21-12-3-2-9(6-11(12)17)8-16-5-4-15-14(20)10(16)7-13(18)19/h2-3,6,10,17H,4-5,7-8H2,1H3,(H,15,20)(H,18,19). The van der Waals surface area contributed by atoms with Gasteiger partial charge in [0.15, 0.2) is 11.5 Å². The van der Waals surface area contributed by atoms with Gasteiger partial charge in [-0.3, -0.25) is 14.5 Å². The van der Waals surface area contributed by atoms with E-state index in [2.05, 4.69) is 5.32 Å². The molecule has 1 amide bonds. The number of phenolic OH excluding ortho intramolecular Hbond substituents is 1. The van der Waals surface area contributed by atoms with Gasteiger partial charge in [-0.25, -0.2) is 0 Å². The summed E-state index contributed by atoms with van der Waals surface area (Å²) < 4.78 is 4.98. The number of rotatable bonds is 5. The molecule has 21 heavy (non-hydrogen) atoms. The van der Waals surface area contributed by atoms with Crippen LogP contribution in [0.5, 0.6) is 11.5 Å². The Balaban J connectivity index is 2.13. The first-order valence-electron chi connectivity index (χ1n) is 6.60. The van der Waals surface area contributed by atoms with Crippen molar-refractivity contribution in [2.24, 2.45) is 0 Å². The smallest absolute Gasteiger partial charge is 0.305 e. The first-order valence-corrected chi connectivity index (χ1v) is 6.60. The van der Waals surface area contributed by atoms with Crippen LogP contribution in [0.4, 0.5) is 0 Å². The molecule has 0 aliphatic carbocycles. The molecule has 1 aliphatic heterocycles. The highest BCUT2D eigenvalue weighted by molar-refractivity contribution is 5.86. The fraction of sp³-hybridized carbons (Fsp3) is 0.429. The van der Waals surface area contributed by atoms with E-state index in [0.717, 1.165) is 5.56 Å². The van der Waals surface area contributed by atoms with E-state index in [1.54, 1.807) is 23.1 Å². The molecule has 1 atom stereocenters. The Morgan fingerprint density at radius 1 is 1.52 bits per heavy atom. The normalized spacial score (nSPS) is 19.1. The molecule has 0 radical (unpaired) electrons. The summed E-state index contributed by atoms with van der Waals surface area (Å²) in [6.45, 7) is 1.44. The molecule has 3 N–H and O–H groups in total. The van der Waals surface area contributed by atoms with Crippen molar-refractivity contribution in [2.45, 2.75) is 19.0 Å². The van der Waals surface area contributed by atoms with Crippen LogP contribution in [0.1, 0.15) is 12.0 Å². The highest BCUT2D eigenvalue weighted by atomic mass is 16.5. The molecule has 1 aliphatic rings. The zero-order valence-corrected chi connectivity index (χ0v) is 11.7. The molecule has 2 rings (SSSR count). The van der Waals surface area contributed by atoms with Gasteiger partial charge in [-0.2, -0.15) is 0 Å². The van der Waals surface area contributed by atoms with Crippen molar-refractivity contribution in [3.05, 3.63) is 23.8 Å². The van der Waals surface area contributed by atoms with E-state index in [4.69, 9.17) is 9.84 Å². The Bertz CT molecular complexity index is 546. The van der Waals surface area contributed by atoms with Gasteiger partial charge >= 0.3 is 5.97 Å². The van der Waals surface area contributed by atoms with E-state index in [0.29, 0.717) is 25.4 Å². The zero-order valence-electron chi connectivity index (χ0n) is 11.7. The second kappa shape index (κ2) is 6.45. The summed E-state index contributed by atoms with van der Waals surface area (Å²) in [5.74, 6) is -0.899. The van der Waals surface area contributed by atoms with Crippen LogP contribution in [0.3, 0.4) is 0 Å². The maximum absolute atomic E-state index is 11.8. The Kier molecular flexibility index (Phi) is 4.64. The maximum atomic E-state index is 11.8. The Morgan fingerprint density at radius 3 is 2.90 bits per heavy atom. The molecule has 0 aromatic heterocycles. The number of nitrogens with one attached hydrogen (secondary N) is 1. The number of amides is 1. The largest absolute Gasteiger partial charge is 0.504 e. The third-order valence-electron chi connectivity index (χ3n) is 3.44. The fourth-order valence-electron chi connectivity index (χ4n) is 2.41. The van der Waals surface area contributed by atoms with Gasteiger partial charge in [0.2, 0.25) is 5.91 Å². The topological polar surface area (TPSA) is 99.1 Å². The first kappa shape index (κ1) is 15.1. The minimum atomic E-state index is -1.01. The number of phenols is 1. The molecule has 7 nitrogen and oxygen atoms in total. The van der Waals surface area contributed by atoms with Crippen molar-refractivity contribution in [1.82, 2.24) is 10.2 Å². The Labute approximate surface area is 122 Å². The molecular formula is C14H18N2O5. The number of aromatic hydroxyl groups is 1. The van der Waals surface area contributed by atoms with Crippen molar-refractivity contribution in [1.29, 1.82) is 0 Å². The van der Waals surface area contributed by atoms with Gasteiger partial charge in [0, 0.05) is 19.6 Å². The summed E-state index contributed by atoms with van der Waals surface area (Å²) in [7, 11) is 1.46.